The summed E-state index contributed by atoms with van der Waals surface area (Å²) >= 11 is 7.37. The number of nitrogens with one attached hydrogen (secondary N) is 1. The molecule has 0 saturated heterocycles. The van der Waals surface area contributed by atoms with E-state index in [-0.39, 0.29) is 59.8 Å². The van der Waals surface area contributed by atoms with E-state index in [0.29, 0.717) is 12.8 Å². The van der Waals surface area contributed by atoms with Crippen LogP contribution in [0.15, 0.2) is 47.7 Å². The molecule has 0 amide bonds. The number of carbonyl (C=O) groups excluding carboxylic acids is 3. The van der Waals surface area contributed by atoms with Gasteiger partial charge >= 0.3 is 11.9 Å². The first-order chi connectivity index (χ1) is 21.3. The van der Waals surface area contributed by atoms with E-state index in [4.69, 9.17) is 21.1 Å². The molecule has 0 bridgehead atoms. The lowest BCUT2D eigenvalue weighted by Crippen LogP contribution is -2.66. The quantitative estimate of drug-likeness (QED) is 0.220. The van der Waals surface area contributed by atoms with Crippen molar-refractivity contribution in [2.75, 3.05) is 11.6 Å². The molecular weight excluding hydrogens is 592 g/mol. The number of nitrogens with zero attached hydrogens (tertiary/aromatic N) is 1. The van der Waals surface area contributed by atoms with E-state index < -0.39 is 41.4 Å². The molecular formula is C36H47ClN2O6. The summed E-state index contributed by atoms with van der Waals surface area (Å²) in [6.45, 7) is 11.2. The highest BCUT2D eigenvalue weighted by Crippen LogP contribution is 2.70. The van der Waals surface area contributed by atoms with E-state index in [1.54, 1.807) is 13.8 Å². The molecule has 6 rings (SSSR count). The minimum atomic E-state index is -1.53. The third-order valence-electron chi connectivity index (χ3n) is 12.0. The topological polar surface area (TPSA) is 105 Å². The fourth-order valence-corrected chi connectivity index (χ4v) is 10.5. The molecule has 1 aliphatic heterocycles. The predicted molar refractivity (Wildman–Crippen MR) is 172 cm³/mol. The van der Waals surface area contributed by atoms with Gasteiger partial charge in [-0.15, -0.1) is 11.6 Å². The number of alkyl halides is 1. The minimum Gasteiger partial charge on any atom is -0.457 e. The summed E-state index contributed by atoms with van der Waals surface area (Å²) in [6, 6.07) is 8.46. The first kappa shape index (κ1) is 32.3. The summed E-state index contributed by atoms with van der Waals surface area (Å²) in [6.07, 6.45) is 6.38. The van der Waals surface area contributed by atoms with Gasteiger partial charge in [-0.3, -0.25) is 19.4 Å². The fraction of sp³-hybridized carbons (Fsp3) is 0.639. The molecule has 0 aromatic heterocycles. The second-order valence-corrected chi connectivity index (χ2v) is 15.1. The van der Waals surface area contributed by atoms with Crippen LogP contribution in [-0.4, -0.2) is 52.6 Å². The van der Waals surface area contributed by atoms with Crippen LogP contribution in [0.25, 0.3) is 0 Å². The number of carbonyl (C=O) groups is 3. The molecule has 1 unspecified atom stereocenters. The average Bonchev–Trinajstić information content (AvgIpc) is 3.49. The Bertz CT molecular complexity index is 1460. The third-order valence-corrected chi connectivity index (χ3v) is 12.5. The summed E-state index contributed by atoms with van der Waals surface area (Å²) in [4.78, 5) is 39.2. The molecule has 1 aromatic carbocycles. The van der Waals surface area contributed by atoms with E-state index in [2.05, 4.69) is 60.8 Å². The number of aliphatic hydroxyl groups is 1. The number of anilines is 1. The number of ketones is 1. The zero-order chi connectivity index (χ0) is 32.5. The Balaban J connectivity index is 1.36. The SMILES string of the molecule is CCC(=O)OCC(=O)[C@@]1(OC(=O)CC)[C@H](C)C[C@H]2[C@H]3[C@H]([C@@H](O)C[C@@]21C)[C@@]1(C)CC2=CN(c4cccc(C)c4)NC2C=C1C[C@H]3Cl. The smallest absolute Gasteiger partial charge is 0.306 e. The van der Waals surface area contributed by atoms with Gasteiger partial charge in [-0.25, -0.2) is 5.43 Å². The average molecular weight is 639 g/mol. The maximum absolute atomic E-state index is 14.1. The van der Waals surface area contributed by atoms with Crippen molar-refractivity contribution in [3.63, 3.8) is 0 Å². The van der Waals surface area contributed by atoms with Crippen molar-refractivity contribution < 1.29 is 29.0 Å². The van der Waals surface area contributed by atoms with E-state index in [1.165, 1.54) is 16.7 Å². The van der Waals surface area contributed by atoms with Crippen LogP contribution in [0, 0.1) is 41.4 Å². The molecule has 45 heavy (non-hydrogen) atoms. The van der Waals surface area contributed by atoms with Crippen LogP contribution < -0.4 is 10.4 Å². The number of hydrogen-bond donors (Lipinski definition) is 2. The van der Waals surface area contributed by atoms with Gasteiger partial charge in [0.2, 0.25) is 5.78 Å². The zero-order valence-electron chi connectivity index (χ0n) is 27.3. The van der Waals surface area contributed by atoms with Gasteiger partial charge in [0.1, 0.15) is 0 Å². The Morgan fingerprint density at radius 3 is 2.58 bits per heavy atom. The number of hydrazine groups is 1. The van der Waals surface area contributed by atoms with Crippen LogP contribution in [0.2, 0.25) is 0 Å². The molecule has 9 heteroatoms. The van der Waals surface area contributed by atoms with Gasteiger partial charge in [0.25, 0.3) is 0 Å². The normalized spacial score (nSPS) is 39.9. The number of ether oxygens (including phenoxy) is 2. The Kier molecular flexibility index (Phi) is 8.27. The number of halogens is 1. The molecule has 1 aromatic rings. The van der Waals surface area contributed by atoms with Gasteiger partial charge in [0, 0.05) is 35.8 Å². The van der Waals surface area contributed by atoms with Crippen molar-refractivity contribution in [3.8, 4) is 0 Å². The molecule has 0 radical (unpaired) electrons. The molecule has 0 spiro atoms. The van der Waals surface area contributed by atoms with Crippen LogP contribution >= 0.6 is 11.6 Å². The van der Waals surface area contributed by atoms with Gasteiger partial charge in [-0.2, -0.15) is 0 Å². The molecule has 244 valence electrons. The lowest BCUT2D eigenvalue weighted by Gasteiger charge is -2.62. The number of allylic oxidation sites excluding steroid dienone is 1. The van der Waals surface area contributed by atoms with Crippen molar-refractivity contribution in [1.29, 1.82) is 0 Å². The predicted octanol–water partition coefficient (Wildman–Crippen LogP) is 5.79. The summed E-state index contributed by atoms with van der Waals surface area (Å²) in [7, 11) is 0. The number of aryl methyl sites for hydroxylation is 1. The maximum Gasteiger partial charge on any atom is 0.306 e. The van der Waals surface area contributed by atoms with E-state index in [9.17, 15) is 19.5 Å². The van der Waals surface area contributed by atoms with E-state index in [0.717, 1.165) is 12.1 Å². The van der Waals surface area contributed by atoms with Gasteiger partial charge in [0.05, 0.1) is 17.8 Å². The number of Topliss-reactive ketones (excluding diaryl/α,β-unsaturated/α-hetero) is 1. The Morgan fingerprint density at radius 1 is 1.16 bits per heavy atom. The second kappa shape index (κ2) is 11.5. The highest BCUT2D eigenvalue weighted by Gasteiger charge is 2.74. The molecule has 10 atom stereocenters. The number of fused-ring (bicyclic) bond motifs is 6. The summed E-state index contributed by atoms with van der Waals surface area (Å²) < 4.78 is 11.5. The second-order valence-electron chi connectivity index (χ2n) is 14.6. The van der Waals surface area contributed by atoms with Crippen LogP contribution in [-0.2, 0) is 23.9 Å². The third kappa shape index (κ3) is 4.89. The lowest BCUT2D eigenvalue weighted by molar-refractivity contribution is -0.207. The van der Waals surface area contributed by atoms with Crippen LogP contribution in [0.3, 0.4) is 0 Å². The van der Waals surface area contributed by atoms with Gasteiger partial charge in [0.15, 0.2) is 12.2 Å². The minimum absolute atomic E-state index is 0.0658. The zero-order valence-corrected chi connectivity index (χ0v) is 28.0. The molecule has 3 saturated carbocycles. The van der Waals surface area contributed by atoms with Crippen LogP contribution in [0.4, 0.5) is 5.69 Å². The number of benzene rings is 1. The first-order valence-electron chi connectivity index (χ1n) is 16.6. The monoisotopic (exact) mass is 638 g/mol. The molecule has 3 fully saturated rings. The van der Waals surface area contributed by atoms with Crippen molar-refractivity contribution >= 4 is 35.0 Å². The molecule has 4 aliphatic carbocycles. The van der Waals surface area contributed by atoms with Crippen LogP contribution in [0.5, 0.6) is 0 Å². The maximum atomic E-state index is 14.1. The van der Waals surface area contributed by atoms with Crippen molar-refractivity contribution in [2.45, 2.75) is 103 Å². The molecule has 2 N–H and O–H groups in total. The largest absolute Gasteiger partial charge is 0.457 e. The van der Waals surface area contributed by atoms with E-state index >= 15 is 0 Å². The van der Waals surface area contributed by atoms with Gasteiger partial charge in [-0.05, 0) is 79.0 Å². The molecule has 5 aliphatic rings. The Morgan fingerprint density at radius 2 is 1.89 bits per heavy atom. The van der Waals surface area contributed by atoms with Crippen molar-refractivity contribution in [2.24, 2.45) is 34.5 Å². The highest BCUT2D eigenvalue weighted by atomic mass is 35.5. The Hall–Kier alpha value is -2.68. The van der Waals surface area contributed by atoms with Crippen molar-refractivity contribution in [3.05, 3.63) is 53.3 Å². The number of esters is 2. The fourth-order valence-electron chi connectivity index (χ4n) is 10.1. The summed E-state index contributed by atoms with van der Waals surface area (Å²) in [5.74, 6) is -2.02. The highest BCUT2D eigenvalue weighted by molar-refractivity contribution is 6.21. The Labute approximate surface area is 271 Å². The lowest BCUT2D eigenvalue weighted by atomic mass is 9.44. The van der Waals surface area contributed by atoms with E-state index in [1.807, 2.05) is 13.8 Å². The van der Waals surface area contributed by atoms with Crippen LogP contribution in [0.1, 0.15) is 78.7 Å². The number of hydrogen-bond acceptors (Lipinski definition) is 8. The number of aliphatic hydroxyl groups excluding tert-OH is 1. The van der Waals surface area contributed by atoms with Gasteiger partial charge in [-0.1, -0.05) is 58.4 Å². The van der Waals surface area contributed by atoms with Crippen molar-refractivity contribution in [1.82, 2.24) is 5.43 Å². The molecule has 1 heterocycles. The standard InChI is InChI=1S/C36H47ClN2O6/c1-7-30(42)44-19-29(41)36(45-31(43)8-2)21(4)13-25-32-26(37)14-23-15-27-22(18-39(38-27)24-11-9-10-20(3)12-24)16-34(23,5)33(32)28(40)17-35(25,36)6/h9-12,15,18,21,25-28,32-33,38,40H,7-8,13-14,16-17,19H2,1-6H3/t21-,25+,26-,27?,28+,32-,33+,34+,35+,36+/m1/s1. The summed E-state index contributed by atoms with van der Waals surface area (Å²) in [5, 5.41) is 14.1. The van der Waals surface area contributed by atoms with Gasteiger partial charge < -0.3 is 14.6 Å². The number of rotatable bonds is 7. The molecule has 8 nitrogen and oxygen atoms in total. The first-order valence-corrected chi connectivity index (χ1v) is 17.0. The summed E-state index contributed by atoms with van der Waals surface area (Å²) in [5.41, 5.74) is 5.72.